The van der Waals surface area contributed by atoms with E-state index in [1.165, 1.54) is 0 Å². The maximum Gasteiger partial charge on any atom is 0.262 e. The average molecular weight is 385 g/mol. The predicted octanol–water partition coefficient (Wildman–Crippen LogP) is 1.83. The van der Waals surface area contributed by atoms with Crippen LogP contribution in [0.15, 0.2) is 24.3 Å². The van der Waals surface area contributed by atoms with Crippen molar-refractivity contribution in [1.82, 2.24) is 15.1 Å². The molecular weight excluding hydrogens is 358 g/mol. The minimum Gasteiger partial charge on any atom is -0.352 e. The summed E-state index contributed by atoms with van der Waals surface area (Å²) >= 11 is 0. The van der Waals surface area contributed by atoms with Gasteiger partial charge in [0.25, 0.3) is 11.8 Å². The maximum absolute atomic E-state index is 12.5. The molecule has 0 unspecified atom stereocenters. The van der Waals surface area contributed by atoms with Crippen molar-refractivity contribution in [3.8, 4) is 0 Å². The largest absolute Gasteiger partial charge is 0.352 e. The zero-order valence-electron chi connectivity index (χ0n) is 16.4. The molecule has 7 heteroatoms. The molecule has 3 rings (SSSR count). The molecule has 0 saturated carbocycles. The third kappa shape index (κ3) is 3.93. The normalized spacial score (nSPS) is 17.2. The van der Waals surface area contributed by atoms with Gasteiger partial charge in [0.15, 0.2) is 0 Å². The molecule has 0 aliphatic carbocycles. The van der Waals surface area contributed by atoms with Crippen molar-refractivity contribution in [3.63, 3.8) is 0 Å². The van der Waals surface area contributed by atoms with Gasteiger partial charge in [0, 0.05) is 25.0 Å². The molecule has 2 heterocycles. The quantitative estimate of drug-likeness (QED) is 0.757. The molecular formula is C21H27N3O4. The van der Waals surface area contributed by atoms with Crippen LogP contribution in [-0.2, 0) is 9.59 Å². The Morgan fingerprint density at radius 3 is 2.07 bits per heavy atom. The Labute approximate surface area is 165 Å². The molecule has 0 spiro atoms. The molecule has 2 aliphatic heterocycles. The first-order valence-corrected chi connectivity index (χ1v) is 9.99. The number of piperidine rings is 1. The second-order valence-electron chi connectivity index (χ2n) is 7.42. The van der Waals surface area contributed by atoms with E-state index in [-0.39, 0.29) is 30.3 Å². The van der Waals surface area contributed by atoms with Crippen LogP contribution in [0.25, 0.3) is 0 Å². The first kappa shape index (κ1) is 20.0. The fraction of sp³-hybridized carbons (Fsp3) is 0.524. The van der Waals surface area contributed by atoms with Gasteiger partial charge in [-0.25, -0.2) is 0 Å². The zero-order valence-corrected chi connectivity index (χ0v) is 16.4. The van der Waals surface area contributed by atoms with Gasteiger partial charge in [-0.1, -0.05) is 26.0 Å². The predicted molar refractivity (Wildman–Crippen MR) is 104 cm³/mol. The molecule has 1 N–H and O–H groups in total. The van der Waals surface area contributed by atoms with Gasteiger partial charge >= 0.3 is 0 Å². The number of amides is 4. The number of likely N-dealkylation sites (tertiary alicyclic amines) is 1. The van der Waals surface area contributed by atoms with Gasteiger partial charge in [-0.15, -0.1) is 0 Å². The highest BCUT2D eigenvalue weighted by Crippen LogP contribution is 2.22. The lowest BCUT2D eigenvalue weighted by atomic mass is 9.98. The summed E-state index contributed by atoms with van der Waals surface area (Å²) < 4.78 is 0. The van der Waals surface area contributed by atoms with E-state index in [2.05, 4.69) is 5.32 Å². The summed E-state index contributed by atoms with van der Waals surface area (Å²) in [4.78, 5) is 52.4. The number of carbonyl (C=O) groups excluding carboxylic acids is 4. The molecule has 1 aromatic rings. The highest BCUT2D eigenvalue weighted by molar-refractivity contribution is 6.22. The van der Waals surface area contributed by atoms with Gasteiger partial charge in [0.1, 0.15) is 6.54 Å². The van der Waals surface area contributed by atoms with Gasteiger partial charge in [-0.2, -0.15) is 0 Å². The smallest absolute Gasteiger partial charge is 0.262 e. The van der Waals surface area contributed by atoms with Crippen molar-refractivity contribution < 1.29 is 19.2 Å². The van der Waals surface area contributed by atoms with Crippen LogP contribution in [0.5, 0.6) is 0 Å². The molecule has 1 fully saturated rings. The molecule has 0 atom stereocenters. The zero-order chi connectivity index (χ0) is 20.3. The highest BCUT2D eigenvalue weighted by atomic mass is 16.2. The number of nitrogens with zero attached hydrogens (tertiary/aromatic N) is 2. The Kier molecular flexibility index (Phi) is 6.11. The summed E-state index contributed by atoms with van der Waals surface area (Å²) in [5.74, 6) is -0.942. The topological polar surface area (TPSA) is 86.8 Å². The Balaban J connectivity index is 1.50. The van der Waals surface area contributed by atoms with E-state index in [1.807, 2.05) is 18.7 Å². The van der Waals surface area contributed by atoms with Gasteiger partial charge in [0.2, 0.25) is 11.8 Å². The highest BCUT2D eigenvalue weighted by Gasteiger charge is 2.36. The number of benzene rings is 1. The molecule has 0 bridgehead atoms. The van der Waals surface area contributed by atoms with Crippen molar-refractivity contribution >= 4 is 23.6 Å². The number of imide groups is 1. The first-order chi connectivity index (χ1) is 13.5. The molecule has 1 saturated heterocycles. The molecule has 28 heavy (non-hydrogen) atoms. The fourth-order valence-electron chi connectivity index (χ4n) is 3.94. The van der Waals surface area contributed by atoms with Crippen LogP contribution < -0.4 is 5.32 Å². The minimum atomic E-state index is -0.429. The Bertz CT molecular complexity index is 745. The molecule has 1 aromatic carbocycles. The summed E-state index contributed by atoms with van der Waals surface area (Å²) in [5.41, 5.74) is 0.682. The molecule has 150 valence electrons. The number of carbonyl (C=O) groups is 4. The van der Waals surface area contributed by atoms with Crippen LogP contribution in [0.1, 0.15) is 60.2 Å². The second-order valence-corrected chi connectivity index (χ2v) is 7.42. The summed E-state index contributed by atoms with van der Waals surface area (Å²) in [6.45, 7) is 5.01. The molecule has 7 nitrogen and oxygen atoms in total. The third-order valence-electron chi connectivity index (χ3n) is 5.69. The Hall–Kier alpha value is -2.70. The summed E-state index contributed by atoms with van der Waals surface area (Å²) in [5, 5.41) is 2.91. The summed E-state index contributed by atoms with van der Waals surface area (Å²) in [6.07, 6.45) is 3.04. The molecule has 2 aliphatic rings. The van der Waals surface area contributed by atoms with Crippen molar-refractivity contribution in [2.24, 2.45) is 5.92 Å². The Morgan fingerprint density at radius 1 is 1.04 bits per heavy atom. The van der Waals surface area contributed by atoms with Crippen molar-refractivity contribution in [2.45, 2.75) is 45.6 Å². The van der Waals surface area contributed by atoms with Gasteiger partial charge in [-0.3, -0.25) is 24.1 Å². The number of hydrogen-bond acceptors (Lipinski definition) is 4. The van der Waals surface area contributed by atoms with Crippen molar-refractivity contribution in [2.75, 3.05) is 19.6 Å². The van der Waals surface area contributed by atoms with E-state index < -0.39 is 11.8 Å². The van der Waals surface area contributed by atoms with Crippen molar-refractivity contribution in [1.29, 1.82) is 0 Å². The molecule has 0 aromatic heterocycles. The maximum atomic E-state index is 12.5. The monoisotopic (exact) mass is 385 g/mol. The lowest BCUT2D eigenvalue weighted by Crippen LogP contribution is -2.50. The lowest BCUT2D eigenvalue weighted by Gasteiger charge is -2.34. The van der Waals surface area contributed by atoms with E-state index in [1.54, 1.807) is 24.3 Å². The second kappa shape index (κ2) is 8.54. The lowest BCUT2D eigenvalue weighted by molar-refractivity contribution is -0.137. The van der Waals surface area contributed by atoms with Crippen molar-refractivity contribution in [3.05, 3.63) is 35.4 Å². The Morgan fingerprint density at radius 2 is 1.57 bits per heavy atom. The van der Waals surface area contributed by atoms with Crippen LogP contribution in [0.4, 0.5) is 0 Å². The van der Waals surface area contributed by atoms with Crippen LogP contribution in [0.3, 0.4) is 0 Å². The van der Waals surface area contributed by atoms with Gasteiger partial charge < -0.3 is 10.2 Å². The van der Waals surface area contributed by atoms with Crippen LogP contribution >= 0.6 is 0 Å². The van der Waals surface area contributed by atoms with Crippen LogP contribution in [-0.4, -0.2) is 59.1 Å². The summed E-state index contributed by atoms with van der Waals surface area (Å²) in [7, 11) is 0. The number of hydrogen-bond donors (Lipinski definition) is 1. The van der Waals surface area contributed by atoms with E-state index in [4.69, 9.17) is 0 Å². The summed E-state index contributed by atoms with van der Waals surface area (Å²) in [6, 6.07) is 6.54. The van der Waals surface area contributed by atoms with E-state index in [0.29, 0.717) is 37.1 Å². The molecule has 4 amide bonds. The minimum absolute atomic E-state index is 0.0477. The average Bonchev–Trinajstić information content (AvgIpc) is 2.94. The number of nitrogens with one attached hydrogen (secondary N) is 1. The van der Waals surface area contributed by atoms with E-state index in [0.717, 1.165) is 17.7 Å². The standard InChI is InChI=1S/C21H27N3O4/c1-3-14(4-2)19(26)23-11-9-15(10-12-23)22-18(25)13-24-20(27)16-7-5-6-8-17(16)21(24)28/h5-8,14-15H,3-4,9-13H2,1-2H3,(H,22,25). The SMILES string of the molecule is CCC(CC)C(=O)N1CCC(NC(=O)CN2C(=O)c3ccccc3C2=O)CC1. The van der Waals surface area contributed by atoms with Gasteiger partial charge in [0.05, 0.1) is 11.1 Å². The van der Waals surface area contributed by atoms with Crippen LogP contribution in [0, 0.1) is 5.92 Å². The first-order valence-electron chi connectivity index (χ1n) is 9.99. The van der Waals surface area contributed by atoms with E-state index in [9.17, 15) is 19.2 Å². The van der Waals surface area contributed by atoms with E-state index >= 15 is 0 Å². The number of rotatable bonds is 6. The molecule has 0 radical (unpaired) electrons. The van der Waals surface area contributed by atoms with Gasteiger partial charge in [-0.05, 0) is 37.8 Å². The van der Waals surface area contributed by atoms with Crippen LogP contribution in [0.2, 0.25) is 0 Å². The third-order valence-corrected chi connectivity index (χ3v) is 5.69. The number of fused-ring (bicyclic) bond motifs is 1. The fourth-order valence-corrected chi connectivity index (χ4v) is 3.94.